The summed E-state index contributed by atoms with van der Waals surface area (Å²) >= 11 is 3.29. The highest BCUT2D eigenvalue weighted by atomic mass is 32.2. The van der Waals surface area contributed by atoms with Gasteiger partial charge in [-0.15, -0.1) is 10.2 Å². The first-order valence-electron chi connectivity index (χ1n) is 4.92. The summed E-state index contributed by atoms with van der Waals surface area (Å²) in [5, 5.41) is 12.3. The number of hydrogen-bond donors (Lipinski definition) is 1. The van der Waals surface area contributed by atoms with E-state index in [-0.39, 0.29) is 0 Å². The van der Waals surface area contributed by atoms with Crippen molar-refractivity contribution in [2.75, 3.05) is 17.6 Å². The van der Waals surface area contributed by atoms with Crippen molar-refractivity contribution in [2.45, 2.75) is 25.1 Å². The summed E-state index contributed by atoms with van der Waals surface area (Å²) in [5.41, 5.74) is 1.16. The number of nitrogens with one attached hydrogen (secondary N) is 1. The van der Waals surface area contributed by atoms with E-state index in [2.05, 4.69) is 35.9 Å². The van der Waals surface area contributed by atoms with Crippen molar-refractivity contribution in [2.24, 2.45) is 5.92 Å². The highest BCUT2D eigenvalue weighted by Gasteiger charge is 2.04. The fourth-order valence-electron chi connectivity index (χ4n) is 0.816. The topological polar surface area (TPSA) is 37.8 Å². The number of rotatable bonds is 6. The second kappa shape index (κ2) is 6.12. The second-order valence-electron chi connectivity index (χ2n) is 3.89. The van der Waals surface area contributed by atoms with Gasteiger partial charge in [0.25, 0.3) is 0 Å². The van der Waals surface area contributed by atoms with Gasteiger partial charge in [0.1, 0.15) is 0 Å². The Hall–Kier alpha value is -0.550. The molecule has 0 saturated heterocycles. The SMILES string of the molecule is C=C(C)CSc1nnc(NCC(C)C)s1. The molecule has 1 aromatic heterocycles. The van der Waals surface area contributed by atoms with Crippen LogP contribution in [0.1, 0.15) is 20.8 Å². The van der Waals surface area contributed by atoms with Crippen molar-refractivity contribution in [1.29, 1.82) is 0 Å². The molecule has 1 heterocycles. The maximum Gasteiger partial charge on any atom is 0.206 e. The summed E-state index contributed by atoms with van der Waals surface area (Å²) in [4.78, 5) is 0. The van der Waals surface area contributed by atoms with Crippen LogP contribution in [0, 0.1) is 5.92 Å². The molecule has 0 aliphatic rings. The van der Waals surface area contributed by atoms with Crippen molar-refractivity contribution in [3.05, 3.63) is 12.2 Å². The van der Waals surface area contributed by atoms with E-state index < -0.39 is 0 Å². The fraction of sp³-hybridized carbons (Fsp3) is 0.600. The average molecular weight is 243 g/mol. The molecule has 0 aliphatic heterocycles. The van der Waals surface area contributed by atoms with Crippen LogP contribution in [0.2, 0.25) is 0 Å². The first kappa shape index (κ1) is 12.5. The third-order valence-corrected chi connectivity index (χ3v) is 3.75. The van der Waals surface area contributed by atoms with Crippen LogP contribution in [-0.4, -0.2) is 22.5 Å². The Morgan fingerprint density at radius 2 is 2.27 bits per heavy atom. The zero-order valence-corrected chi connectivity index (χ0v) is 11.0. The van der Waals surface area contributed by atoms with Crippen LogP contribution in [-0.2, 0) is 0 Å². The maximum absolute atomic E-state index is 4.09. The maximum atomic E-state index is 4.09. The lowest BCUT2D eigenvalue weighted by Crippen LogP contribution is -2.07. The molecule has 0 aromatic carbocycles. The van der Waals surface area contributed by atoms with Gasteiger partial charge in [-0.05, 0) is 12.8 Å². The predicted molar refractivity (Wildman–Crippen MR) is 68.8 cm³/mol. The molecule has 0 amide bonds. The summed E-state index contributed by atoms with van der Waals surface area (Å²) in [7, 11) is 0. The van der Waals surface area contributed by atoms with E-state index in [1.165, 1.54) is 0 Å². The van der Waals surface area contributed by atoms with Gasteiger partial charge in [0.05, 0.1) is 0 Å². The molecule has 1 rings (SSSR count). The Morgan fingerprint density at radius 1 is 1.53 bits per heavy atom. The number of aromatic nitrogens is 2. The normalized spacial score (nSPS) is 10.7. The molecule has 1 N–H and O–H groups in total. The van der Waals surface area contributed by atoms with E-state index in [4.69, 9.17) is 0 Å². The van der Waals surface area contributed by atoms with E-state index in [1.807, 2.05) is 6.92 Å². The summed E-state index contributed by atoms with van der Waals surface area (Å²) in [6.45, 7) is 11.2. The first-order chi connectivity index (χ1) is 7.08. The first-order valence-corrected chi connectivity index (χ1v) is 6.72. The molecule has 0 saturated carbocycles. The molecule has 0 unspecified atom stereocenters. The largest absolute Gasteiger partial charge is 0.360 e. The van der Waals surface area contributed by atoms with Gasteiger partial charge in [0.15, 0.2) is 4.34 Å². The van der Waals surface area contributed by atoms with Crippen LogP contribution in [0.25, 0.3) is 0 Å². The molecule has 0 aliphatic carbocycles. The monoisotopic (exact) mass is 243 g/mol. The standard InChI is InChI=1S/C10H17N3S2/c1-7(2)5-11-9-12-13-10(15-9)14-6-8(3)4/h7H,3,5-6H2,1-2,4H3,(H,11,12). The fourth-order valence-corrected chi connectivity index (χ4v) is 2.42. The number of nitrogens with zero attached hydrogens (tertiary/aromatic N) is 2. The third kappa shape index (κ3) is 5.18. The van der Waals surface area contributed by atoms with E-state index in [9.17, 15) is 0 Å². The zero-order chi connectivity index (χ0) is 11.3. The Labute approximate surface area is 99.4 Å². The minimum absolute atomic E-state index is 0.625. The van der Waals surface area contributed by atoms with Crippen molar-refractivity contribution in [1.82, 2.24) is 10.2 Å². The molecule has 0 fully saturated rings. The smallest absolute Gasteiger partial charge is 0.206 e. The molecule has 1 aromatic rings. The molecule has 5 heteroatoms. The van der Waals surface area contributed by atoms with E-state index in [0.717, 1.165) is 27.3 Å². The average Bonchev–Trinajstić information content (AvgIpc) is 2.59. The highest BCUT2D eigenvalue weighted by molar-refractivity contribution is 8.01. The Morgan fingerprint density at radius 3 is 2.87 bits per heavy atom. The number of anilines is 1. The van der Waals surface area contributed by atoms with Crippen LogP contribution in [0.4, 0.5) is 5.13 Å². The van der Waals surface area contributed by atoms with Gasteiger partial charge in [-0.3, -0.25) is 0 Å². The van der Waals surface area contributed by atoms with Crippen molar-refractivity contribution < 1.29 is 0 Å². The van der Waals surface area contributed by atoms with Crippen LogP contribution in [0.15, 0.2) is 16.5 Å². The molecule has 84 valence electrons. The summed E-state index contributed by atoms with van der Waals surface area (Å²) < 4.78 is 1.00. The second-order valence-corrected chi connectivity index (χ2v) is 6.09. The molecular formula is C10H17N3S2. The highest BCUT2D eigenvalue weighted by Crippen LogP contribution is 2.26. The Bertz CT molecular complexity index is 320. The van der Waals surface area contributed by atoms with Gasteiger partial charge in [-0.1, -0.05) is 49.1 Å². The number of hydrogen-bond acceptors (Lipinski definition) is 5. The molecule has 0 bridgehead atoms. The van der Waals surface area contributed by atoms with Crippen LogP contribution < -0.4 is 5.32 Å². The van der Waals surface area contributed by atoms with E-state index >= 15 is 0 Å². The molecular weight excluding hydrogens is 226 g/mol. The lowest BCUT2D eigenvalue weighted by molar-refractivity contribution is 0.687. The molecule has 0 radical (unpaired) electrons. The quantitative estimate of drug-likeness (QED) is 0.614. The summed E-state index contributed by atoms with van der Waals surface area (Å²) in [6, 6.07) is 0. The predicted octanol–water partition coefficient (Wildman–Crippen LogP) is 3.27. The lowest BCUT2D eigenvalue weighted by Gasteiger charge is -2.03. The van der Waals surface area contributed by atoms with Crippen molar-refractivity contribution >= 4 is 28.2 Å². The van der Waals surface area contributed by atoms with Crippen LogP contribution in [0.3, 0.4) is 0 Å². The Balaban J connectivity index is 2.38. The van der Waals surface area contributed by atoms with Gasteiger partial charge in [0, 0.05) is 12.3 Å². The van der Waals surface area contributed by atoms with Crippen molar-refractivity contribution in [3.8, 4) is 0 Å². The van der Waals surface area contributed by atoms with Gasteiger partial charge in [0.2, 0.25) is 5.13 Å². The van der Waals surface area contributed by atoms with Gasteiger partial charge in [-0.2, -0.15) is 0 Å². The molecule has 3 nitrogen and oxygen atoms in total. The third-order valence-electron chi connectivity index (χ3n) is 1.51. The molecule has 0 spiro atoms. The lowest BCUT2D eigenvalue weighted by atomic mass is 10.2. The minimum Gasteiger partial charge on any atom is -0.360 e. The Kier molecular flexibility index (Phi) is 5.11. The van der Waals surface area contributed by atoms with E-state index in [1.54, 1.807) is 23.1 Å². The summed E-state index contributed by atoms with van der Waals surface area (Å²) in [5.74, 6) is 1.54. The van der Waals surface area contributed by atoms with Crippen molar-refractivity contribution in [3.63, 3.8) is 0 Å². The van der Waals surface area contributed by atoms with Gasteiger partial charge >= 0.3 is 0 Å². The molecule has 15 heavy (non-hydrogen) atoms. The molecule has 0 atom stereocenters. The van der Waals surface area contributed by atoms with Gasteiger partial charge in [-0.25, -0.2) is 0 Å². The minimum atomic E-state index is 0.625. The zero-order valence-electron chi connectivity index (χ0n) is 9.41. The number of thioether (sulfide) groups is 1. The van der Waals surface area contributed by atoms with Crippen LogP contribution >= 0.6 is 23.1 Å². The summed E-state index contributed by atoms with van der Waals surface area (Å²) in [6.07, 6.45) is 0. The van der Waals surface area contributed by atoms with Crippen LogP contribution in [0.5, 0.6) is 0 Å². The van der Waals surface area contributed by atoms with Gasteiger partial charge < -0.3 is 5.32 Å². The van der Waals surface area contributed by atoms with E-state index in [0.29, 0.717) is 5.92 Å².